The lowest BCUT2D eigenvalue weighted by Gasteiger charge is -2.31. The lowest BCUT2D eigenvalue weighted by molar-refractivity contribution is -0.0426. The van der Waals surface area contributed by atoms with E-state index in [4.69, 9.17) is 9.26 Å². The quantitative estimate of drug-likeness (QED) is 0.696. The van der Waals surface area contributed by atoms with E-state index in [0.717, 1.165) is 18.7 Å². The second-order valence-electron chi connectivity index (χ2n) is 5.37. The molecule has 1 aliphatic heterocycles. The van der Waals surface area contributed by atoms with E-state index in [9.17, 15) is 0 Å². The minimum Gasteiger partial charge on any atom is -0.374 e. The Kier molecular flexibility index (Phi) is 4.14. The van der Waals surface area contributed by atoms with Gasteiger partial charge in [-0.15, -0.1) is 0 Å². The van der Waals surface area contributed by atoms with Crippen molar-refractivity contribution >= 4 is 11.3 Å². The molecule has 1 unspecified atom stereocenters. The number of thiophene rings is 1. The molecule has 0 saturated carbocycles. The van der Waals surface area contributed by atoms with Crippen LogP contribution < -0.4 is 0 Å². The van der Waals surface area contributed by atoms with Gasteiger partial charge in [-0.05, 0) is 11.4 Å². The summed E-state index contributed by atoms with van der Waals surface area (Å²) >= 11 is 1.62. The third kappa shape index (κ3) is 3.46. The third-order valence-corrected chi connectivity index (χ3v) is 4.37. The van der Waals surface area contributed by atoms with E-state index in [0.29, 0.717) is 31.4 Å². The Labute approximate surface area is 136 Å². The molecule has 0 radical (unpaired) electrons. The number of hydrogen-bond donors (Lipinski definition) is 0. The Morgan fingerprint density at radius 1 is 1.39 bits per heavy atom. The average molecular weight is 332 g/mol. The molecule has 1 aliphatic rings. The first-order chi connectivity index (χ1) is 11.4. The van der Waals surface area contributed by atoms with Gasteiger partial charge in [-0.1, -0.05) is 5.16 Å². The van der Waals surface area contributed by atoms with Gasteiger partial charge < -0.3 is 9.26 Å². The van der Waals surface area contributed by atoms with Gasteiger partial charge in [0.25, 0.3) is 0 Å². The van der Waals surface area contributed by atoms with Crippen LogP contribution in [0.3, 0.4) is 0 Å². The highest BCUT2D eigenvalue weighted by Crippen LogP contribution is 2.19. The highest BCUT2D eigenvalue weighted by molar-refractivity contribution is 7.08. The molecule has 3 aromatic heterocycles. The van der Waals surface area contributed by atoms with Gasteiger partial charge in [-0.25, -0.2) is 4.98 Å². The summed E-state index contributed by atoms with van der Waals surface area (Å²) in [5.41, 5.74) is 0.996. The summed E-state index contributed by atoms with van der Waals surface area (Å²) in [6, 6.07) is 1.99. The van der Waals surface area contributed by atoms with E-state index in [1.54, 1.807) is 22.3 Å². The molecule has 3 aromatic rings. The zero-order valence-corrected chi connectivity index (χ0v) is 13.2. The molecule has 4 heterocycles. The maximum absolute atomic E-state index is 5.79. The van der Waals surface area contributed by atoms with Crippen molar-refractivity contribution < 1.29 is 9.26 Å². The van der Waals surface area contributed by atoms with Crippen LogP contribution in [0.4, 0.5) is 0 Å². The Hall–Kier alpha value is -2.10. The maximum Gasteiger partial charge on any atom is 0.241 e. The van der Waals surface area contributed by atoms with Crippen molar-refractivity contribution in [3.8, 4) is 11.4 Å². The number of morpholine rings is 1. The Bertz CT molecular complexity index is 726. The second-order valence-corrected chi connectivity index (χ2v) is 6.15. The number of ether oxygens (including phenoxy) is 1. The minimum absolute atomic E-state index is 0.0877. The molecule has 1 atom stereocenters. The smallest absolute Gasteiger partial charge is 0.241 e. The lowest BCUT2D eigenvalue weighted by atomic mass is 10.2. The summed E-state index contributed by atoms with van der Waals surface area (Å²) < 4.78 is 12.9. The summed E-state index contributed by atoms with van der Waals surface area (Å²) in [6.45, 7) is 3.67. The molecule has 0 spiro atoms. The van der Waals surface area contributed by atoms with Gasteiger partial charge in [0.15, 0.2) is 0 Å². The van der Waals surface area contributed by atoms with Gasteiger partial charge in [0, 0.05) is 24.0 Å². The van der Waals surface area contributed by atoms with Gasteiger partial charge in [0.1, 0.15) is 12.7 Å². The van der Waals surface area contributed by atoms with Gasteiger partial charge in [0.05, 0.1) is 25.8 Å². The summed E-state index contributed by atoms with van der Waals surface area (Å²) in [7, 11) is 0. The standard InChI is InChI=1S/C14H16N6O2S/c1-4-23-8-11(1)14-17-13(22-18-14)7-19-2-3-21-12(5-19)6-20-10-15-9-16-20/h1,4,8-10,12H,2-3,5-7H2. The maximum atomic E-state index is 5.79. The minimum atomic E-state index is 0.0877. The highest BCUT2D eigenvalue weighted by atomic mass is 32.1. The van der Waals surface area contributed by atoms with Crippen LogP contribution in [0.2, 0.25) is 0 Å². The van der Waals surface area contributed by atoms with E-state index in [-0.39, 0.29) is 6.10 Å². The van der Waals surface area contributed by atoms with E-state index in [2.05, 4.69) is 25.1 Å². The normalized spacial score (nSPS) is 19.2. The molecule has 0 bridgehead atoms. The van der Waals surface area contributed by atoms with Crippen LogP contribution in [-0.2, 0) is 17.8 Å². The second kappa shape index (κ2) is 6.57. The van der Waals surface area contributed by atoms with E-state index < -0.39 is 0 Å². The van der Waals surface area contributed by atoms with Crippen molar-refractivity contribution in [2.24, 2.45) is 0 Å². The molecule has 23 heavy (non-hydrogen) atoms. The van der Waals surface area contributed by atoms with Crippen molar-refractivity contribution in [2.45, 2.75) is 19.2 Å². The van der Waals surface area contributed by atoms with Crippen LogP contribution in [-0.4, -0.2) is 55.6 Å². The molecule has 9 heteroatoms. The van der Waals surface area contributed by atoms with E-state index >= 15 is 0 Å². The zero-order chi connectivity index (χ0) is 15.5. The van der Waals surface area contributed by atoms with Gasteiger partial charge in [-0.3, -0.25) is 9.58 Å². The summed E-state index contributed by atoms with van der Waals surface area (Å²) in [6.07, 6.45) is 3.32. The first-order valence-electron chi connectivity index (χ1n) is 7.38. The molecule has 0 amide bonds. The average Bonchev–Trinajstić information content (AvgIpc) is 3.30. The van der Waals surface area contributed by atoms with Crippen molar-refractivity contribution in [1.82, 2.24) is 29.8 Å². The van der Waals surface area contributed by atoms with Crippen LogP contribution in [0.15, 0.2) is 34.0 Å². The predicted octanol–water partition coefficient (Wildman–Crippen LogP) is 1.29. The Morgan fingerprint density at radius 2 is 2.39 bits per heavy atom. The fourth-order valence-electron chi connectivity index (χ4n) is 2.59. The molecule has 1 saturated heterocycles. The van der Waals surface area contributed by atoms with E-state index in [1.165, 1.54) is 6.33 Å². The molecular formula is C14H16N6O2S. The molecule has 120 valence electrons. The predicted molar refractivity (Wildman–Crippen MR) is 82.7 cm³/mol. The van der Waals surface area contributed by atoms with Crippen LogP contribution in [0.1, 0.15) is 5.89 Å². The van der Waals surface area contributed by atoms with Crippen LogP contribution in [0.5, 0.6) is 0 Å². The van der Waals surface area contributed by atoms with Gasteiger partial charge in [-0.2, -0.15) is 21.4 Å². The molecule has 0 aromatic carbocycles. The third-order valence-electron chi connectivity index (χ3n) is 3.69. The topological polar surface area (TPSA) is 82.1 Å². The van der Waals surface area contributed by atoms with Crippen LogP contribution in [0, 0.1) is 0 Å². The summed E-state index contributed by atoms with van der Waals surface area (Å²) in [4.78, 5) is 10.7. The zero-order valence-electron chi connectivity index (χ0n) is 12.4. The summed E-state index contributed by atoms with van der Waals surface area (Å²) in [5, 5.41) is 12.2. The lowest BCUT2D eigenvalue weighted by Crippen LogP contribution is -2.43. The number of rotatable bonds is 5. The van der Waals surface area contributed by atoms with Crippen molar-refractivity contribution in [3.05, 3.63) is 35.4 Å². The molecule has 1 fully saturated rings. The Balaban J connectivity index is 1.37. The Morgan fingerprint density at radius 3 is 3.22 bits per heavy atom. The van der Waals surface area contributed by atoms with Crippen molar-refractivity contribution in [3.63, 3.8) is 0 Å². The van der Waals surface area contributed by atoms with Gasteiger partial charge in [0.2, 0.25) is 11.7 Å². The largest absolute Gasteiger partial charge is 0.374 e. The molecule has 0 N–H and O–H groups in total. The van der Waals surface area contributed by atoms with Crippen molar-refractivity contribution in [1.29, 1.82) is 0 Å². The highest BCUT2D eigenvalue weighted by Gasteiger charge is 2.23. The van der Waals surface area contributed by atoms with Crippen molar-refractivity contribution in [2.75, 3.05) is 19.7 Å². The molecule has 8 nitrogen and oxygen atoms in total. The van der Waals surface area contributed by atoms with Gasteiger partial charge >= 0.3 is 0 Å². The molecule has 4 rings (SSSR count). The molecule has 0 aliphatic carbocycles. The monoisotopic (exact) mass is 332 g/mol. The first-order valence-corrected chi connectivity index (χ1v) is 8.32. The number of hydrogen-bond acceptors (Lipinski definition) is 8. The fraction of sp³-hybridized carbons (Fsp3) is 0.429. The first kappa shape index (κ1) is 14.5. The van der Waals surface area contributed by atoms with Crippen LogP contribution in [0.25, 0.3) is 11.4 Å². The number of nitrogens with zero attached hydrogens (tertiary/aromatic N) is 6. The van der Waals surface area contributed by atoms with E-state index in [1.807, 2.05) is 16.8 Å². The van der Waals surface area contributed by atoms with Crippen LogP contribution >= 0.6 is 11.3 Å². The molecular weight excluding hydrogens is 316 g/mol. The summed E-state index contributed by atoms with van der Waals surface area (Å²) in [5.74, 6) is 1.28. The fourth-order valence-corrected chi connectivity index (χ4v) is 3.22. The SMILES string of the molecule is c1ncn(CC2CN(Cc3nc(-c4ccsc4)no3)CCO2)n1. The number of aromatic nitrogens is 5.